The summed E-state index contributed by atoms with van der Waals surface area (Å²) in [4.78, 5) is 12.0. The number of aromatic nitrogens is 8. The van der Waals surface area contributed by atoms with Crippen LogP contribution in [0.5, 0.6) is 23.0 Å². The zero-order chi connectivity index (χ0) is 48.2. The molecule has 4 aromatic heterocycles. The van der Waals surface area contributed by atoms with Gasteiger partial charge < -0.3 is 83.0 Å². The molecule has 8 rings (SSSR count). The van der Waals surface area contributed by atoms with Crippen molar-refractivity contribution >= 4 is 115 Å². The molecule has 0 saturated heterocycles. The molecule has 0 aliphatic carbocycles. The second kappa shape index (κ2) is 32.3. The highest BCUT2D eigenvalue weighted by atomic mass is 127. The predicted molar refractivity (Wildman–Crippen MR) is 268 cm³/mol. The molecule has 0 spiro atoms. The largest absolute Gasteiger partial charge is 1.00 e. The summed E-state index contributed by atoms with van der Waals surface area (Å²) in [6.45, 7) is 1.86. The zero-order valence-corrected chi connectivity index (χ0v) is 47.9. The Hall–Kier alpha value is -2.61. The van der Waals surface area contributed by atoms with E-state index in [1.54, 1.807) is 80.7 Å². The minimum atomic E-state index is 0. The third-order valence-corrected chi connectivity index (χ3v) is 11.7. The summed E-state index contributed by atoms with van der Waals surface area (Å²) in [5.41, 5.74) is 3.93. The van der Waals surface area contributed by atoms with Crippen molar-refractivity contribution in [2.75, 3.05) is 4.93 Å². The lowest BCUT2D eigenvalue weighted by molar-refractivity contribution is -0.668. The van der Waals surface area contributed by atoms with Gasteiger partial charge in [-0.05, 0) is 122 Å². The number of H-pyrrole nitrogens is 1. The predicted octanol–water partition coefficient (Wildman–Crippen LogP) is 5.35. The van der Waals surface area contributed by atoms with Crippen molar-refractivity contribution in [3.8, 4) is 23.0 Å². The van der Waals surface area contributed by atoms with Gasteiger partial charge in [-0.2, -0.15) is 0 Å². The average molecular weight is 1420 g/mol. The summed E-state index contributed by atoms with van der Waals surface area (Å²) in [5.74, 6) is 0.984. The molecule has 4 aromatic carbocycles. The van der Waals surface area contributed by atoms with Crippen LogP contribution in [0.15, 0.2) is 122 Å². The van der Waals surface area contributed by atoms with Crippen LogP contribution in [-0.4, -0.2) is 59.1 Å². The summed E-state index contributed by atoms with van der Waals surface area (Å²) in [6, 6.07) is 27.3. The number of aryl methyl sites for hydroxylation is 2. The van der Waals surface area contributed by atoms with Gasteiger partial charge in [0.05, 0.1) is 33.4 Å². The quantitative estimate of drug-likeness (QED) is 0.0712. The van der Waals surface area contributed by atoms with Crippen LogP contribution in [0, 0.1) is 0 Å². The number of alkyl halides is 1. The van der Waals surface area contributed by atoms with Crippen LogP contribution in [0.3, 0.4) is 0 Å². The molecular formula is C43H43Cl8I3N8O5. The Morgan fingerprint density at radius 2 is 0.821 bits per heavy atom. The molecule has 362 valence electrons. The van der Waals surface area contributed by atoms with Crippen molar-refractivity contribution in [1.82, 2.24) is 28.7 Å². The molecule has 4 heterocycles. The zero-order valence-electron chi connectivity index (χ0n) is 35.4. The van der Waals surface area contributed by atoms with Gasteiger partial charge in [0.2, 0.25) is 12.7 Å². The number of phenols is 4. The first-order valence-electron chi connectivity index (χ1n) is 18.6. The van der Waals surface area contributed by atoms with Crippen LogP contribution in [-0.2, 0) is 40.3 Å². The maximum absolute atomic E-state index is 9.17. The van der Waals surface area contributed by atoms with Crippen molar-refractivity contribution < 1.29 is 82.6 Å². The SMILES string of the molecule is CI.C[n+]1cn(Cc2ccc(O)cc2)c(Cl)c1Cl.C[n+]1cn(Cc2ccc(O)cc2)c(Cl)c1Cl.Clc1nc[nH]c1Cl.OCc1ccc(O)cc1.Oc1ccc(Cn2cnc(Cl)c2Cl)cc1.[I-].[I-]. The van der Waals surface area contributed by atoms with Gasteiger partial charge in [0.25, 0.3) is 20.6 Å². The van der Waals surface area contributed by atoms with E-state index < -0.39 is 0 Å². The second-order valence-corrected chi connectivity index (χ2v) is 16.0. The molecule has 0 fully saturated rings. The third kappa shape index (κ3) is 21.1. The Labute approximate surface area is 475 Å². The molecule has 6 N–H and O–H groups in total. The number of hydrogen-bond acceptors (Lipinski definition) is 7. The summed E-state index contributed by atoms with van der Waals surface area (Å²) in [5, 5.41) is 48.3. The summed E-state index contributed by atoms with van der Waals surface area (Å²) >= 11 is 48.5. The molecule has 0 saturated carbocycles. The number of aromatic amines is 1. The van der Waals surface area contributed by atoms with Gasteiger partial charge in [-0.15, -0.1) is 0 Å². The average Bonchev–Trinajstić information content (AvgIpc) is 3.99. The van der Waals surface area contributed by atoms with E-state index in [0.29, 0.717) is 60.9 Å². The van der Waals surface area contributed by atoms with E-state index in [0.717, 1.165) is 22.3 Å². The molecule has 13 nitrogen and oxygen atoms in total. The number of imidazole rings is 4. The van der Waals surface area contributed by atoms with Crippen LogP contribution >= 0.6 is 115 Å². The lowest BCUT2D eigenvalue weighted by Gasteiger charge is -2.03. The maximum Gasteiger partial charge on any atom is 0.255 e. The molecule has 0 atom stereocenters. The van der Waals surface area contributed by atoms with E-state index in [4.69, 9.17) is 118 Å². The lowest BCUT2D eigenvalue weighted by Crippen LogP contribution is -3.00. The molecule has 67 heavy (non-hydrogen) atoms. The fourth-order valence-electron chi connectivity index (χ4n) is 5.08. The van der Waals surface area contributed by atoms with E-state index in [1.807, 2.05) is 77.2 Å². The normalized spacial score (nSPS) is 9.81. The molecule has 0 amide bonds. The van der Waals surface area contributed by atoms with Crippen molar-refractivity contribution in [3.63, 3.8) is 0 Å². The highest BCUT2D eigenvalue weighted by molar-refractivity contribution is 14.1. The Morgan fingerprint density at radius 3 is 1.04 bits per heavy atom. The Morgan fingerprint density at radius 1 is 0.493 bits per heavy atom. The number of nitrogens with one attached hydrogen (secondary N) is 1. The Bertz CT molecular complexity index is 2540. The standard InChI is InChI=1S/2C11H10Cl2N2O.C10H8Cl2N2O.C7H8O2.C3H2Cl2N2.CH3I.2HI/c2*1-14-7-15(11(13)10(14)12)6-8-2-4-9(16)5-3-8;11-9-10(12)14(6-13-9)5-7-1-3-8(15)4-2-7;8-5-6-1-3-7(9)4-2-6;4-2-3(5)7-1-6-2;1-2;;/h2*2-5,7H,6H2,1H3;1-4,6,15H,5H2;1-4,8-9H,5H2;1H,(H,6,7);1H3;2*1H. The number of aromatic hydroxyl groups is 4. The third-order valence-electron chi connectivity index (χ3n) is 8.36. The van der Waals surface area contributed by atoms with E-state index in [2.05, 4.69) is 37.5 Å². The van der Waals surface area contributed by atoms with Crippen LogP contribution in [0.1, 0.15) is 22.3 Å². The summed E-state index contributed by atoms with van der Waals surface area (Å²) < 4.78 is 8.93. The fourth-order valence-corrected chi connectivity index (χ4v) is 6.36. The Balaban J connectivity index is 0.000000423. The molecule has 0 radical (unpaired) electrons. The fraction of sp³-hybridized carbons (Fsp3) is 0.163. The summed E-state index contributed by atoms with van der Waals surface area (Å²) in [7, 11) is 3.67. The van der Waals surface area contributed by atoms with E-state index in [9.17, 15) is 0 Å². The van der Waals surface area contributed by atoms with Crippen LogP contribution in [0.2, 0.25) is 41.2 Å². The van der Waals surface area contributed by atoms with Crippen LogP contribution < -0.4 is 57.1 Å². The molecule has 0 aliphatic rings. The highest BCUT2D eigenvalue weighted by Gasteiger charge is 2.18. The number of aliphatic hydroxyl groups excluding tert-OH is 1. The number of nitrogens with zero attached hydrogens (tertiary/aromatic N) is 7. The number of halogens is 11. The number of aliphatic hydroxyl groups is 1. The van der Waals surface area contributed by atoms with Gasteiger partial charge in [0.15, 0.2) is 10.3 Å². The van der Waals surface area contributed by atoms with Gasteiger partial charge in [-0.3, -0.25) is 0 Å². The topological polar surface area (TPSA) is 165 Å². The lowest BCUT2D eigenvalue weighted by atomic mass is 10.2. The van der Waals surface area contributed by atoms with Crippen LogP contribution in [0.4, 0.5) is 0 Å². The van der Waals surface area contributed by atoms with Gasteiger partial charge >= 0.3 is 0 Å². The maximum atomic E-state index is 9.17. The van der Waals surface area contributed by atoms with Gasteiger partial charge in [-0.1, -0.05) is 118 Å². The first-order chi connectivity index (χ1) is 30.9. The number of hydrogen-bond donors (Lipinski definition) is 6. The van der Waals surface area contributed by atoms with E-state index in [1.165, 1.54) is 6.33 Å². The first-order valence-corrected chi connectivity index (χ1v) is 23.7. The first kappa shape index (κ1) is 62.4. The number of benzene rings is 4. The second-order valence-electron chi connectivity index (χ2n) is 13.2. The highest BCUT2D eigenvalue weighted by Crippen LogP contribution is 2.23. The van der Waals surface area contributed by atoms with E-state index >= 15 is 0 Å². The van der Waals surface area contributed by atoms with Crippen molar-refractivity contribution in [3.05, 3.63) is 186 Å². The number of rotatable bonds is 7. The Kier molecular flexibility index (Phi) is 30.1. The van der Waals surface area contributed by atoms with Crippen LogP contribution in [0.25, 0.3) is 0 Å². The molecular weight excluding hydrogens is 1370 g/mol. The van der Waals surface area contributed by atoms with Gasteiger partial charge in [0, 0.05) is 6.54 Å². The molecule has 0 unspecified atom stereocenters. The van der Waals surface area contributed by atoms with Crippen molar-refractivity contribution in [2.24, 2.45) is 14.1 Å². The number of phenolic OH excluding ortho intramolecular Hbond substituents is 4. The summed E-state index contributed by atoms with van der Waals surface area (Å²) in [6.07, 6.45) is 6.68. The minimum Gasteiger partial charge on any atom is -1.00 e. The molecule has 8 aromatic rings. The van der Waals surface area contributed by atoms with Gasteiger partial charge in [0.1, 0.15) is 46.4 Å². The van der Waals surface area contributed by atoms with Gasteiger partial charge in [-0.25, -0.2) is 28.2 Å². The molecule has 0 aliphatic heterocycles. The minimum absolute atomic E-state index is 0. The van der Waals surface area contributed by atoms with Crippen molar-refractivity contribution in [2.45, 2.75) is 26.2 Å². The van der Waals surface area contributed by atoms with E-state index in [-0.39, 0.29) is 77.6 Å². The monoisotopic (exact) mass is 1410 g/mol. The smallest absolute Gasteiger partial charge is 0.255 e. The molecule has 0 bridgehead atoms. The molecule has 24 heteroatoms. The van der Waals surface area contributed by atoms with Crippen molar-refractivity contribution in [1.29, 1.82) is 0 Å².